The lowest BCUT2D eigenvalue weighted by molar-refractivity contribution is -0.385. The maximum Gasteiger partial charge on any atom is 0.303 e. The molecule has 1 heterocycles. The molecule has 10 nitrogen and oxygen atoms in total. The van der Waals surface area contributed by atoms with Gasteiger partial charge >= 0.3 is 17.9 Å². The predicted molar refractivity (Wildman–Crippen MR) is 99.7 cm³/mol. The minimum atomic E-state index is -1.27. The summed E-state index contributed by atoms with van der Waals surface area (Å²) in [4.78, 5) is 45.6. The standard InChI is InChI=1S/C20H26O10/c1-5-16-17(25-11(2)22)18(26-12(3)23)19(27-13(4)24)20(28-16)30-29-15-8-6-14(10-21)7-9-15/h6-9,16-21H,5,10H2,1-4H3/t16-,17-,18+,19-,20+/m1/s1. The zero-order valence-electron chi connectivity index (χ0n) is 17.2. The summed E-state index contributed by atoms with van der Waals surface area (Å²) < 4.78 is 21.7. The second-order valence-electron chi connectivity index (χ2n) is 6.65. The van der Waals surface area contributed by atoms with E-state index in [-0.39, 0.29) is 6.61 Å². The Balaban J connectivity index is 2.27. The van der Waals surface area contributed by atoms with E-state index in [4.69, 9.17) is 33.8 Å². The molecule has 0 radical (unpaired) electrons. The first-order valence-electron chi connectivity index (χ1n) is 9.45. The van der Waals surface area contributed by atoms with E-state index >= 15 is 0 Å². The van der Waals surface area contributed by atoms with Crippen molar-refractivity contribution in [2.45, 2.75) is 71.4 Å². The molecule has 1 aromatic rings. The van der Waals surface area contributed by atoms with E-state index in [0.29, 0.717) is 17.7 Å². The van der Waals surface area contributed by atoms with Gasteiger partial charge in [0, 0.05) is 20.8 Å². The lowest BCUT2D eigenvalue weighted by atomic mass is 9.96. The van der Waals surface area contributed by atoms with Crippen LogP contribution in [0.3, 0.4) is 0 Å². The number of hydrogen-bond donors (Lipinski definition) is 1. The molecule has 5 atom stereocenters. The lowest BCUT2D eigenvalue weighted by Crippen LogP contribution is -2.61. The van der Waals surface area contributed by atoms with Crippen LogP contribution in [0.4, 0.5) is 0 Å². The Morgan fingerprint density at radius 1 is 0.900 bits per heavy atom. The molecule has 30 heavy (non-hydrogen) atoms. The number of benzene rings is 1. The molecule has 2 rings (SSSR count). The molecule has 1 fully saturated rings. The molecule has 1 aliphatic heterocycles. The highest BCUT2D eigenvalue weighted by Gasteiger charge is 2.52. The van der Waals surface area contributed by atoms with E-state index in [0.717, 1.165) is 0 Å². The van der Waals surface area contributed by atoms with Crippen LogP contribution in [-0.4, -0.2) is 53.7 Å². The van der Waals surface area contributed by atoms with Crippen LogP contribution < -0.4 is 4.89 Å². The van der Waals surface area contributed by atoms with Crippen LogP contribution in [-0.2, 0) is 44.8 Å². The van der Waals surface area contributed by atoms with E-state index in [9.17, 15) is 14.4 Å². The maximum absolute atomic E-state index is 11.7. The lowest BCUT2D eigenvalue weighted by Gasteiger charge is -2.43. The number of aliphatic hydroxyl groups is 1. The van der Waals surface area contributed by atoms with E-state index in [1.807, 2.05) is 0 Å². The van der Waals surface area contributed by atoms with Crippen LogP contribution in [0.2, 0.25) is 0 Å². The van der Waals surface area contributed by atoms with Crippen molar-refractivity contribution in [3.8, 4) is 5.75 Å². The van der Waals surface area contributed by atoms with Crippen molar-refractivity contribution < 1.29 is 48.2 Å². The molecule has 0 aromatic heterocycles. The van der Waals surface area contributed by atoms with E-state index < -0.39 is 48.6 Å². The summed E-state index contributed by atoms with van der Waals surface area (Å²) in [5, 5.41) is 9.11. The molecular formula is C20H26O10. The topological polar surface area (TPSA) is 127 Å². The highest BCUT2D eigenvalue weighted by atomic mass is 17.2. The summed E-state index contributed by atoms with van der Waals surface area (Å²) >= 11 is 0. The van der Waals surface area contributed by atoms with Gasteiger partial charge in [0.2, 0.25) is 6.29 Å². The van der Waals surface area contributed by atoms with E-state index in [2.05, 4.69) is 0 Å². The van der Waals surface area contributed by atoms with Crippen LogP contribution in [0.15, 0.2) is 24.3 Å². The number of carbonyl (C=O) groups excluding carboxylic acids is 3. The first-order chi connectivity index (χ1) is 14.2. The number of esters is 3. The first kappa shape index (κ1) is 23.6. The van der Waals surface area contributed by atoms with Gasteiger partial charge in [0.05, 0.1) is 6.61 Å². The Morgan fingerprint density at radius 3 is 1.93 bits per heavy atom. The van der Waals surface area contributed by atoms with Gasteiger partial charge in [0.25, 0.3) is 0 Å². The van der Waals surface area contributed by atoms with Crippen LogP contribution in [0.5, 0.6) is 5.75 Å². The Hall–Kier alpha value is -2.69. The van der Waals surface area contributed by atoms with Crippen molar-refractivity contribution in [2.24, 2.45) is 0 Å². The van der Waals surface area contributed by atoms with Gasteiger partial charge in [-0.25, -0.2) is 0 Å². The number of rotatable bonds is 8. The average Bonchev–Trinajstić information content (AvgIpc) is 2.69. The molecule has 0 bridgehead atoms. The van der Waals surface area contributed by atoms with Crippen molar-refractivity contribution >= 4 is 17.9 Å². The van der Waals surface area contributed by atoms with Crippen LogP contribution >= 0.6 is 0 Å². The zero-order valence-corrected chi connectivity index (χ0v) is 17.2. The number of aliphatic hydroxyl groups excluding tert-OH is 1. The third-order valence-corrected chi connectivity index (χ3v) is 4.24. The Labute approximate surface area is 173 Å². The third kappa shape index (κ3) is 6.41. The summed E-state index contributed by atoms with van der Waals surface area (Å²) in [6, 6.07) is 6.41. The van der Waals surface area contributed by atoms with Crippen molar-refractivity contribution in [2.75, 3.05) is 0 Å². The highest BCUT2D eigenvalue weighted by molar-refractivity contribution is 5.68. The quantitative estimate of drug-likeness (QED) is 0.282. The fraction of sp³-hybridized carbons (Fsp3) is 0.550. The van der Waals surface area contributed by atoms with Crippen LogP contribution in [0.25, 0.3) is 0 Å². The fourth-order valence-electron chi connectivity index (χ4n) is 3.01. The Bertz CT molecular complexity index is 732. The normalized spacial score (nSPS) is 25.8. The minimum Gasteiger partial charge on any atom is -0.456 e. The minimum absolute atomic E-state index is 0.124. The predicted octanol–water partition coefficient (Wildman–Crippen LogP) is 1.42. The molecule has 0 unspecified atom stereocenters. The fourth-order valence-corrected chi connectivity index (χ4v) is 3.01. The van der Waals surface area contributed by atoms with E-state index in [1.54, 1.807) is 31.2 Å². The van der Waals surface area contributed by atoms with Crippen LogP contribution in [0, 0.1) is 0 Å². The molecule has 0 aliphatic carbocycles. The zero-order chi connectivity index (χ0) is 22.3. The second-order valence-corrected chi connectivity index (χ2v) is 6.65. The van der Waals surface area contributed by atoms with Crippen molar-refractivity contribution in [1.82, 2.24) is 0 Å². The molecule has 0 saturated carbocycles. The molecule has 10 heteroatoms. The van der Waals surface area contributed by atoms with Gasteiger partial charge in [-0.2, -0.15) is 4.89 Å². The first-order valence-corrected chi connectivity index (χ1v) is 9.45. The number of carbonyl (C=O) groups is 3. The second kappa shape index (κ2) is 10.9. The summed E-state index contributed by atoms with van der Waals surface area (Å²) in [6.45, 7) is 5.22. The smallest absolute Gasteiger partial charge is 0.303 e. The van der Waals surface area contributed by atoms with Crippen molar-refractivity contribution in [1.29, 1.82) is 0 Å². The summed E-state index contributed by atoms with van der Waals surface area (Å²) in [7, 11) is 0. The summed E-state index contributed by atoms with van der Waals surface area (Å²) in [5.41, 5.74) is 0.680. The SMILES string of the molecule is CC[C@H]1O[C@@H](OOc2ccc(CO)cc2)[C@H](OC(C)=O)[C@@H](OC(C)=O)[C@@H]1OC(C)=O. The van der Waals surface area contributed by atoms with E-state index in [1.165, 1.54) is 20.8 Å². The molecule has 1 aromatic carbocycles. The maximum atomic E-state index is 11.7. The van der Waals surface area contributed by atoms with Gasteiger partial charge in [-0.1, -0.05) is 19.1 Å². The monoisotopic (exact) mass is 426 g/mol. The molecule has 0 spiro atoms. The third-order valence-electron chi connectivity index (χ3n) is 4.24. The van der Waals surface area contributed by atoms with Gasteiger partial charge in [-0.05, 0) is 24.1 Å². The number of ether oxygens (including phenoxy) is 4. The van der Waals surface area contributed by atoms with Gasteiger partial charge in [0.15, 0.2) is 24.1 Å². The van der Waals surface area contributed by atoms with Gasteiger partial charge in [0.1, 0.15) is 6.10 Å². The van der Waals surface area contributed by atoms with Crippen molar-refractivity contribution in [3.05, 3.63) is 29.8 Å². The molecule has 1 aliphatic rings. The molecular weight excluding hydrogens is 400 g/mol. The summed E-state index contributed by atoms with van der Waals surface area (Å²) in [5.74, 6) is -1.65. The van der Waals surface area contributed by atoms with Gasteiger partial charge in [-0.15, -0.1) is 0 Å². The molecule has 0 amide bonds. The average molecular weight is 426 g/mol. The van der Waals surface area contributed by atoms with Crippen LogP contribution in [0.1, 0.15) is 39.7 Å². The largest absolute Gasteiger partial charge is 0.456 e. The molecule has 166 valence electrons. The molecule has 1 saturated heterocycles. The molecule has 1 N–H and O–H groups in total. The van der Waals surface area contributed by atoms with Crippen molar-refractivity contribution in [3.63, 3.8) is 0 Å². The summed E-state index contributed by atoms with van der Waals surface area (Å²) in [6.07, 6.45) is -5.03. The Kier molecular flexibility index (Phi) is 8.58. The number of hydrogen-bond acceptors (Lipinski definition) is 10. The van der Waals surface area contributed by atoms with Gasteiger partial charge in [-0.3, -0.25) is 14.4 Å². The van der Waals surface area contributed by atoms with Gasteiger partial charge < -0.3 is 28.9 Å². The Morgan fingerprint density at radius 2 is 1.43 bits per heavy atom. The highest BCUT2D eigenvalue weighted by Crippen LogP contribution is 2.31.